The summed E-state index contributed by atoms with van der Waals surface area (Å²) >= 11 is 0. The van der Waals surface area contributed by atoms with Crippen molar-refractivity contribution in [3.05, 3.63) is 11.8 Å². The van der Waals surface area contributed by atoms with E-state index < -0.39 is 11.4 Å². The number of carbonyl (C=O) groups is 1. The second-order valence-electron chi connectivity index (χ2n) is 3.06. The van der Waals surface area contributed by atoms with Crippen LogP contribution in [0.4, 0.5) is 0 Å². The second-order valence-corrected chi connectivity index (χ2v) is 3.06. The van der Waals surface area contributed by atoms with Gasteiger partial charge in [0.1, 0.15) is 5.41 Å². The number of aliphatic hydroxyl groups excluding tert-OH is 1. The maximum Gasteiger partial charge on any atom is 0.317 e. The fraction of sp³-hybridized carbons (Fsp3) is 0.600. The molecule has 0 aromatic heterocycles. The fourth-order valence-electron chi connectivity index (χ4n) is 1.03. The summed E-state index contributed by atoms with van der Waals surface area (Å²) in [4.78, 5) is 11.5. The first-order valence-corrected chi connectivity index (χ1v) is 4.49. The molecule has 0 aromatic rings. The van der Waals surface area contributed by atoms with Gasteiger partial charge in [-0.15, -0.1) is 0 Å². The van der Waals surface area contributed by atoms with Crippen LogP contribution in [-0.2, 0) is 9.53 Å². The van der Waals surface area contributed by atoms with Crippen LogP contribution in [0.25, 0.3) is 0 Å². The van der Waals surface area contributed by atoms with Gasteiger partial charge in [0.2, 0.25) is 0 Å². The van der Waals surface area contributed by atoms with E-state index in [1.807, 2.05) is 0 Å². The molecule has 4 nitrogen and oxygen atoms in total. The Morgan fingerprint density at radius 3 is 2.50 bits per heavy atom. The van der Waals surface area contributed by atoms with Crippen LogP contribution in [0.15, 0.2) is 11.8 Å². The van der Waals surface area contributed by atoms with E-state index in [0.717, 1.165) is 0 Å². The number of nitrogens with zero attached hydrogens (tertiary/aromatic N) is 1. The Morgan fingerprint density at radius 2 is 2.21 bits per heavy atom. The summed E-state index contributed by atoms with van der Waals surface area (Å²) in [5.41, 5.74) is -1.02. The van der Waals surface area contributed by atoms with Crippen molar-refractivity contribution in [3.63, 3.8) is 0 Å². The number of hydrogen-bond donors (Lipinski definition) is 1. The summed E-state index contributed by atoms with van der Waals surface area (Å²) < 4.78 is 4.84. The van der Waals surface area contributed by atoms with Crippen LogP contribution in [0.5, 0.6) is 0 Å². The molecule has 0 bridgehead atoms. The lowest BCUT2D eigenvalue weighted by atomic mass is 9.81. The van der Waals surface area contributed by atoms with E-state index in [1.54, 1.807) is 26.8 Å². The number of nitriles is 1. The van der Waals surface area contributed by atoms with Gasteiger partial charge < -0.3 is 9.84 Å². The van der Waals surface area contributed by atoms with Crippen LogP contribution < -0.4 is 0 Å². The van der Waals surface area contributed by atoms with Crippen molar-refractivity contribution >= 4 is 5.97 Å². The zero-order chi connectivity index (χ0) is 11.2. The Labute approximate surface area is 83.8 Å². The highest BCUT2D eigenvalue weighted by atomic mass is 16.5. The first-order chi connectivity index (χ1) is 6.56. The van der Waals surface area contributed by atoms with E-state index in [-0.39, 0.29) is 12.2 Å². The summed E-state index contributed by atoms with van der Waals surface area (Å²) in [6.45, 7) is 5.30. The molecule has 1 N–H and O–H groups in total. The van der Waals surface area contributed by atoms with Crippen molar-refractivity contribution in [2.45, 2.75) is 27.2 Å². The normalized spacial score (nSPS) is 15.4. The largest absolute Gasteiger partial charge is 0.515 e. The quantitative estimate of drug-likeness (QED) is 0.424. The molecule has 0 aromatic carbocycles. The lowest BCUT2D eigenvalue weighted by Gasteiger charge is -2.23. The van der Waals surface area contributed by atoms with Crippen LogP contribution in [0.3, 0.4) is 0 Å². The molecular formula is C10H15NO3. The van der Waals surface area contributed by atoms with Gasteiger partial charge in [-0.1, -0.05) is 6.92 Å². The van der Waals surface area contributed by atoms with E-state index in [1.165, 1.54) is 0 Å². The van der Waals surface area contributed by atoms with E-state index >= 15 is 0 Å². The van der Waals surface area contributed by atoms with Gasteiger partial charge in [0.05, 0.1) is 24.5 Å². The molecule has 0 aliphatic heterocycles. The van der Waals surface area contributed by atoms with Crippen LogP contribution in [0, 0.1) is 16.7 Å². The highest BCUT2D eigenvalue weighted by Gasteiger charge is 2.37. The van der Waals surface area contributed by atoms with E-state index in [0.29, 0.717) is 12.7 Å². The number of hydrogen-bond acceptors (Lipinski definition) is 4. The lowest BCUT2D eigenvalue weighted by Crippen LogP contribution is -2.31. The molecule has 1 unspecified atom stereocenters. The molecular weight excluding hydrogens is 182 g/mol. The summed E-state index contributed by atoms with van der Waals surface area (Å²) in [7, 11) is 0. The molecule has 0 amide bonds. The van der Waals surface area contributed by atoms with Gasteiger partial charge in [0.25, 0.3) is 0 Å². The third-order valence-corrected chi connectivity index (χ3v) is 2.28. The molecule has 0 aliphatic carbocycles. The zero-order valence-electron chi connectivity index (χ0n) is 8.70. The smallest absolute Gasteiger partial charge is 0.317 e. The maximum absolute atomic E-state index is 11.5. The number of rotatable bonds is 4. The Balaban J connectivity index is 4.99. The van der Waals surface area contributed by atoms with Gasteiger partial charge in [-0.25, -0.2) is 0 Å². The van der Waals surface area contributed by atoms with Gasteiger partial charge >= 0.3 is 5.97 Å². The van der Waals surface area contributed by atoms with E-state index in [4.69, 9.17) is 15.1 Å². The first-order valence-electron chi connectivity index (χ1n) is 4.49. The molecule has 1 atom stereocenters. The van der Waals surface area contributed by atoms with Gasteiger partial charge in [0.15, 0.2) is 0 Å². The lowest BCUT2D eigenvalue weighted by molar-refractivity contribution is -0.152. The minimum atomic E-state index is -1.04. The van der Waals surface area contributed by atoms with Crippen LogP contribution in [0.2, 0.25) is 0 Å². The van der Waals surface area contributed by atoms with Crippen LogP contribution >= 0.6 is 0 Å². The molecule has 0 fully saturated rings. The van der Waals surface area contributed by atoms with Gasteiger partial charge in [-0.3, -0.25) is 4.79 Å². The maximum atomic E-state index is 11.5. The highest BCUT2D eigenvalue weighted by Crippen LogP contribution is 2.31. The minimum Gasteiger partial charge on any atom is -0.515 e. The molecule has 0 saturated carbocycles. The Bertz CT molecular complexity index is 278. The summed E-state index contributed by atoms with van der Waals surface area (Å²) in [6, 6.07) is 1.79. The van der Waals surface area contributed by atoms with Gasteiger partial charge in [-0.2, -0.15) is 5.26 Å². The van der Waals surface area contributed by atoms with Crippen LogP contribution in [-0.4, -0.2) is 17.7 Å². The Kier molecular flexibility index (Phi) is 4.71. The average Bonchev–Trinajstić information content (AvgIpc) is 2.19. The van der Waals surface area contributed by atoms with Gasteiger partial charge in [0, 0.05) is 0 Å². The summed E-state index contributed by atoms with van der Waals surface area (Å²) in [6.07, 6.45) is 1.08. The van der Waals surface area contributed by atoms with Crippen molar-refractivity contribution in [1.82, 2.24) is 0 Å². The molecule has 0 rings (SSSR count). The second kappa shape index (κ2) is 5.28. The molecule has 14 heavy (non-hydrogen) atoms. The number of ether oxygens (including phenoxy) is 1. The fourth-order valence-corrected chi connectivity index (χ4v) is 1.03. The molecule has 0 aliphatic rings. The average molecular weight is 197 g/mol. The third-order valence-electron chi connectivity index (χ3n) is 2.28. The molecule has 78 valence electrons. The highest BCUT2D eigenvalue weighted by molar-refractivity contribution is 5.81. The molecule has 0 heterocycles. The molecule has 0 saturated heterocycles. The van der Waals surface area contributed by atoms with Crippen molar-refractivity contribution < 1.29 is 14.6 Å². The van der Waals surface area contributed by atoms with Crippen molar-refractivity contribution in [2.24, 2.45) is 5.41 Å². The predicted molar refractivity (Wildman–Crippen MR) is 51.4 cm³/mol. The monoisotopic (exact) mass is 197 g/mol. The molecule has 0 radical (unpaired) electrons. The Morgan fingerprint density at radius 1 is 1.64 bits per heavy atom. The SMILES string of the molecule is CCOC(=O)C(C)(CC)C(C#N)=CO. The summed E-state index contributed by atoms with van der Waals surface area (Å²) in [5, 5.41) is 17.5. The van der Waals surface area contributed by atoms with Crippen molar-refractivity contribution in [2.75, 3.05) is 6.61 Å². The topological polar surface area (TPSA) is 70.3 Å². The third kappa shape index (κ3) is 2.25. The minimum absolute atomic E-state index is 0.0263. The van der Waals surface area contributed by atoms with Gasteiger partial charge in [-0.05, 0) is 20.3 Å². The number of esters is 1. The standard InChI is InChI=1S/C10H15NO3/c1-4-10(3,8(6-11)7-12)9(13)14-5-2/h7,12H,4-5H2,1-3H3. The van der Waals surface area contributed by atoms with Crippen molar-refractivity contribution in [3.8, 4) is 6.07 Å². The van der Waals surface area contributed by atoms with E-state index in [2.05, 4.69) is 0 Å². The predicted octanol–water partition coefficient (Wildman–Crippen LogP) is 1.93. The molecule has 0 spiro atoms. The number of carbonyl (C=O) groups excluding carboxylic acids is 1. The van der Waals surface area contributed by atoms with Crippen LogP contribution in [0.1, 0.15) is 27.2 Å². The number of aliphatic hydroxyl groups is 1. The first kappa shape index (κ1) is 12.5. The Hall–Kier alpha value is -1.50. The zero-order valence-corrected chi connectivity index (χ0v) is 8.70. The van der Waals surface area contributed by atoms with Crippen molar-refractivity contribution in [1.29, 1.82) is 5.26 Å². The molecule has 4 heteroatoms. The van der Waals surface area contributed by atoms with E-state index in [9.17, 15) is 4.79 Å². The summed E-state index contributed by atoms with van der Waals surface area (Å²) in [5.74, 6) is -0.482.